The minimum Gasteiger partial charge on any atom is -0.503 e. The summed E-state index contributed by atoms with van der Waals surface area (Å²) in [6, 6.07) is 11.0. The Morgan fingerprint density at radius 2 is 1.88 bits per heavy atom. The first-order valence-corrected chi connectivity index (χ1v) is 10.6. The fraction of sp³-hybridized carbons (Fsp3) is 0.130. The van der Waals surface area contributed by atoms with Crippen molar-refractivity contribution < 1.29 is 28.6 Å². The predicted molar refractivity (Wildman–Crippen MR) is 119 cm³/mol. The van der Waals surface area contributed by atoms with Gasteiger partial charge in [0.25, 0.3) is 5.91 Å². The molecule has 0 bridgehead atoms. The Balaban J connectivity index is 1.92. The molecule has 1 amide bonds. The molecule has 0 saturated heterocycles. The molecular formula is C23H17ClFNO5S. The summed E-state index contributed by atoms with van der Waals surface area (Å²) in [6.07, 6.45) is 0. The minimum atomic E-state index is -1.00. The molecule has 1 aliphatic heterocycles. The Bertz CT molecular complexity index is 1240. The van der Waals surface area contributed by atoms with Crippen molar-refractivity contribution in [3.05, 3.63) is 86.5 Å². The van der Waals surface area contributed by atoms with Crippen molar-refractivity contribution in [3.63, 3.8) is 0 Å². The summed E-state index contributed by atoms with van der Waals surface area (Å²) >= 11 is 7.14. The van der Waals surface area contributed by atoms with E-state index in [9.17, 15) is 19.1 Å². The zero-order valence-electron chi connectivity index (χ0n) is 17.0. The molecule has 0 aliphatic carbocycles. The van der Waals surface area contributed by atoms with E-state index in [4.69, 9.17) is 21.1 Å². The van der Waals surface area contributed by atoms with Gasteiger partial charge in [-0.3, -0.25) is 14.5 Å². The highest BCUT2D eigenvalue weighted by molar-refractivity contribution is 7.12. The predicted octanol–water partition coefficient (Wildman–Crippen LogP) is 5.34. The number of aliphatic hydroxyl groups is 1. The molecule has 2 heterocycles. The molecule has 0 spiro atoms. The first-order valence-electron chi connectivity index (χ1n) is 9.39. The Hall–Kier alpha value is -3.36. The van der Waals surface area contributed by atoms with E-state index >= 15 is 0 Å². The highest BCUT2D eigenvalue weighted by Gasteiger charge is 2.45. The van der Waals surface area contributed by atoms with Crippen molar-refractivity contribution in [2.45, 2.75) is 6.04 Å². The number of carbonyl (C=O) groups excluding carboxylic acids is 2. The number of benzene rings is 2. The molecule has 6 nitrogen and oxygen atoms in total. The lowest BCUT2D eigenvalue weighted by Crippen LogP contribution is -2.31. The molecule has 3 aromatic rings. The largest absolute Gasteiger partial charge is 0.503 e. The average Bonchev–Trinajstić information content (AvgIpc) is 3.42. The molecule has 0 radical (unpaired) electrons. The molecule has 1 N–H and O–H groups in total. The Labute approximate surface area is 192 Å². The van der Waals surface area contributed by atoms with Gasteiger partial charge in [0.1, 0.15) is 5.82 Å². The summed E-state index contributed by atoms with van der Waals surface area (Å²) in [5.74, 6) is -1.78. The second-order valence-electron chi connectivity index (χ2n) is 6.86. The maximum absolute atomic E-state index is 13.8. The maximum Gasteiger partial charge on any atom is 0.294 e. The summed E-state index contributed by atoms with van der Waals surface area (Å²) in [7, 11) is 2.95. The van der Waals surface area contributed by atoms with Crippen LogP contribution in [0, 0.1) is 5.82 Å². The Morgan fingerprint density at radius 1 is 1.12 bits per heavy atom. The zero-order chi connectivity index (χ0) is 23.0. The molecular weight excluding hydrogens is 457 g/mol. The lowest BCUT2D eigenvalue weighted by molar-refractivity contribution is -0.117. The van der Waals surface area contributed by atoms with Crippen molar-refractivity contribution in [2.75, 3.05) is 19.1 Å². The number of methoxy groups -OCH3 is 2. The van der Waals surface area contributed by atoms with Crippen LogP contribution in [0.25, 0.3) is 0 Å². The van der Waals surface area contributed by atoms with Gasteiger partial charge in [-0.05, 0) is 47.3 Å². The van der Waals surface area contributed by atoms with Crippen molar-refractivity contribution >= 4 is 40.3 Å². The number of amides is 1. The molecule has 4 rings (SSSR count). The van der Waals surface area contributed by atoms with Gasteiger partial charge in [0.05, 0.1) is 35.7 Å². The van der Waals surface area contributed by atoms with E-state index < -0.39 is 29.3 Å². The lowest BCUT2D eigenvalue weighted by Gasteiger charge is -2.27. The number of ether oxygens (including phenoxy) is 2. The van der Waals surface area contributed by atoms with Gasteiger partial charge in [0, 0.05) is 5.69 Å². The second-order valence-corrected chi connectivity index (χ2v) is 8.21. The number of nitrogens with zero attached hydrogens (tertiary/aromatic N) is 1. The molecule has 9 heteroatoms. The number of ketones is 1. The van der Waals surface area contributed by atoms with Gasteiger partial charge >= 0.3 is 0 Å². The van der Waals surface area contributed by atoms with Crippen LogP contribution in [-0.4, -0.2) is 31.0 Å². The number of thiophene rings is 1. The maximum atomic E-state index is 13.8. The summed E-state index contributed by atoms with van der Waals surface area (Å²) in [5, 5.41) is 12.3. The van der Waals surface area contributed by atoms with Gasteiger partial charge in [-0.25, -0.2) is 4.39 Å². The van der Waals surface area contributed by atoms with Crippen LogP contribution in [-0.2, 0) is 4.79 Å². The molecule has 164 valence electrons. The van der Waals surface area contributed by atoms with Gasteiger partial charge in [-0.2, -0.15) is 0 Å². The van der Waals surface area contributed by atoms with E-state index in [1.165, 1.54) is 42.6 Å². The van der Waals surface area contributed by atoms with Crippen LogP contribution in [0.2, 0.25) is 5.02 Å². The van der Waals surface area contributed by atoms with Crippen LogP contribution >= 0.6 is 22.9 Å². The highest BCUT2D eigenvalue weighted by Crippen LogP contribution is 2.44. The van der Waals surface area contributed by atoms with Gasteiger partial charge < -0.3 is 14.6 Å². The summed E-state index contributed by atoms with van der Waals surface area (Å²) < 4.78 is 24.4. The third-order valence-electron chi connectivity index (χ3n) is 5.10. The summed E-state index contributed by atoms with van der Waals surface area (Å²) in [6.45, 7) is 0. The van der Waals surface area contributed by atoms with E-state index in [1.807, 2.05) is 0 Å². The normalized spacial score (nSPS) is 15.9. The fourth-order valence-electron chi connectivity index (χ4n) is 3.62. The topological polar surface area (TPSA) is 76.1 Å². The quantitative estimate of drug-likeness (QED) is 0.489. The van der Waals surface area contributed by atoms with Gasteiger partial charge in [0.2, 0.25) is 5.78 Å². The van der Waals surface area contributed by atoms with Gasteiger partial charge in [-0.1, -0.05) is 23.7 Å². The van der Waals surface area contributed by atoms with Crippen molar-refractivity contribution in [1.29, 1.82) is 0 Å². The van der Waals surface area contributed by atoms with E-state index in [0.717, 1.165) is 6.07 Å². The molecule has 2 aromatic carbocycles. The van der Waals surface area contributed by atoms with Crippen LogP contribution in [0.5, 0.6) is 11.5 Å². The molecule has 32 heavy (non-hydrogen) atoms. The molecule has 1 aromatic heterocycles. The minimum absolute atomic E-state index is 0.0925. The zero-order valence-corrected chi connectivity index (χ0v) is 18.5. The number of hydrogen-bond acceptors (Lipinski definition) is 6. The highest BCUT2D eigenvalue weighted by atomic mass is 35.5. The smallest absolute Gasteiger partial charge is 0.294 e. The van der Waals surface area contributed by atoms with Crippen LogP contribution in [0.1, 0.15) is 21.3 Å². The van der Waals surface area contributed by atoms with E-state index in [1.54, 1.807) is 35.7 Å². The number of anilines is 1. The number of carbonyl (C=O) groups is 2. The SMILES string of the molecule is COc1ccc(C2C(C(=O)c3cccs3)=C(O)C(=O)N2c2ccc(F)c(Cl)c2)cc1OC. The van der Waals surface area contributed by atoms with Crippen LogP contribution in [0.3, 0.4) is 0 Å². The number of rotatable bonds is 6. The van der Waals surface area contributed by atoms with Crippen molar-refractivity contribution in [2.24, 2.45) is 0 Å². The van der Waals surface area contributed by atoms with Gasteiger partial charge in [-0.15, -0.1) is 11.3 Å². The standard InChI is InChI=1S/C23H17ClFNO5S/c1-30-16-8-5-12(10-17(16)31-2)20-19(21(27)18-4-3-9-32-18)22(28)23(29)26(20)13-6-7-15(25)14(24)11-13/h3-11,20,28H,1-2H3. The monoisotopic (exact) mass is 473 g/mol. The lowest BCUT2D eigenvalue weighted by atomic mass is 9.94. The number of halogens is 2. The Morgan fingerprint density at radius 3 is 2.50 bits per heavy atom. The fourth-order valence-corrected chi connectivity index (χ4v) is 4.47. The molecule has 1 atom stereocenters. The molecule has 1 unspecified atom stereocenters. The van der Waals surface area contributed by atoms with Crippen molar-refractivity contribution in [1.82, 2.24) is 0 Å². The number of hydrogen-bond donors (Lipinski definition) is 1. The number of Topliss-reactive ketones (excluding diaryl/α,β-unsaturated/α-hetero) is 1. The van der Waals surface area contributed by atoms with Gasteiger partial charge in [0.15, 0.2) is 17.3 Å². The summed E-state index contributed by atoms with van der Waals surface area (Å²) in [4.78, 5) is 28.0. The summed E-state index contributed by atoms with van der Waals surface area (Å²) in [5.41, 5.74) is 0.618. The Kier molecular flexibility index (Phi) is 5.90. The van der Waals surface area contributed by atoms with Crippen LogP contribution in [0.4, 0.5) is 10.1 Å². The first-order chi connectivity index (χ1) is 15.4. The molecule has 1 aliphatic rings. The van der Waals surface area contributed by atoms with E-state index in [0.29, 0.717) is 21.9 Å². The first kappa shape index (κ1) is 21.9. The van der Waals surface area contributed by atoms with Crippen LogP contribution in [0.15, 0.2) is 65.2 Å². The third kappa shape index (κ3) is 3.61. The van der Waals surface area contributed by atoms with Crippen LogP contribution < -0.4 is 14.4 Å². The van der Waals surface area contributed by atoms with E-state index in [2.05, 4.69) is 0 Å². The number of aliphatic hydroxyl groups excluding tert-OH is 1. The average molecular weight is 474 g/mol. The molecule has 0 fully saturated rings. The second kappa shape index (κ2) is 8.64. The third-order valence-corrected chi connectivity index (χ3v) is 6.26. The molecule has 0 saturated carbocycles. The van der Waals surface area contributed by atoms with Crippen molar-refractivity contribution in [3.8, 4) is 11.5 Å². The van der Waals surface area contributed by atoms with E-state index in [-0.39, 0.29) is 16.3 Å².